The maximum absolute atomic E-state index is 12.3. The molecule has 0 aliphatic heterocycles. The molecule has 0 heterocycles. The van der Waals surface area contributed by atoms with E-state index in [1.807, 2.05) is 0 Å². The normalized spacial score (nSPS) is 45.6. The van der Waals surface area contributed by atoms with Gasteiger partial charge in [0.25, 0.3) is 0 Å². The average Bonchev–Trinajstić information content (AvgIpc) is 2.22. The molecule has 0 aromatic rings. The fourth-order valence-corrected chi connectivity index (χ4v) is 6.72. The third-order valence-electron chi connectivity index (χ3n) is 5.82. The minimum atomic E-state index is 0.133. The molecule has 4 saturated carbocycles. The number of hydrogen-bond donors (Lipinski definition) is 1. The van der Waals surface area contributed by atoms with Crippen molar-refractivity contribution >= 4 is 21.8 Å². The third kappa shape index (κ3) is 2.80. The zero-order valence-electron chi connectivity index (χ0n) is 12.9. The third-order valence-corrected chi connectivity index (χ3v) is 6.38. The molecule has 1 N–H and O–H groups in total. The van der Waals surface area contributed by atoms with Gasteiger partial charge in [0.05, 0.1) is 0 Å². The Morgan fingerprint density at radius 2 is 1.75 bits per heavy atom. The van der Waals surface area contributed by atoms with Crippen LogP contribution in [0.3, 0.4) is 0 Å². The summed E-state index contributed by atoms with van der Waals surface area (Å²) in [6.45, 7) is 4.92. The molecule has 4 fully saturated rings. The van der Waals surface area contributed by atoms with Crippen molar-refractivity contribution < 1.29 is 4.79 Å². The minimum absolute atomic E-state index is 0.133. The van der Waals surface area contributed by atoms with Gasteiger partial charge in [0.1, 0.15) is 0 Å². The lowest BCUT2D eigenvalue weighted by Crippen LogP contribution is -2.65. The van der Waals surface area contributed by atoms with Gasteiger partial charge in [-0.2, -0.15) is 0 Å². The molecule has 3 heteroatoms. The van der Waals surface area contributed by atoms with E-state index in [9.17, 15) is 4.79 Å². The molecule has 4 bridgehead atoms. The van der Waals surface area contributed by atoms with Gasteiger partial charge in [-0.1, -0.05) is 29.8 Å². The SMILES string of the molecule is CC12CC3CC(C)(C1)CC(NC(=O)CCCCBr)(C3)C2. The number of nitrogens with one attached hydrogen (secondary N) is 1. The summed E-state index contributed by atoms with van der Waals surface area (Å²) in [5.41, 5.74) is 1.10. The van der Waals surface area contributed by atoms with Crippen LogP contribution in [0.4, 0.5) is 0 Å². The van der Waals surface area contributed by atoms with Crippen molar-refractivity contribution in [3.8, 4) is 0 Å². The van der Waals surface area contributed by atoms with Gasteiger partial charge in [-0.05, 0) is 68.1 Å². The highest BCUT2D eigenvalue weighted by molar-refractivity contribution is 9.09. The van der Waals surface area contributed by atoms with Crippen molar-refractivity contribution in [1.82, 2.24) is 5.32 Å². The second-order valence-corrected chi connectivity index (χ2v) is 9.40. The predicted octanol–water partition coefficient (Wildman–Crippen LogP) is 4.42. The number of hydrogen-bond acceptors (Lipinski definition) is 1. The second-order valence-electron chi connectivity index (χ2n) is 8.60. The summed E-state index contributed by atoms with van der Waals surface area (Å²) in [4.78, 5) is 12.3. The maximum Gasteiger partial charge on any atom is 0.220 e. The van der Waals surface area contributed by atoms with Gasteiger partial charge in [-0.25, -0.2) is 0 Å². The molecule has 1 amide bonds. The molecule has 20 heavy (non-hydrogen) atoms. The van der Waals surface area contributed by atoms with Gasteiger partial charge < -0.3 is 5.32 Å². The Bertz CT molecular complexity index is 390. The van der Waals surface area contributed by atoms with Crippen LogP contribution in [0.1, 0.15) is 71.6 Å². The number of halogens is 1. The molecular formula is C17H28BrNO. The van der Waals surface area contributed by atoms with E-state index < -0.39 is 0 Å². The van der Waals surface area contributed by atoms with Crippen LogP contribution in [0.25, 0.3) is 0 Å². The number of alkyl halides is 1. The Hall–Kier alpha value is -0.0500. The van der Waals surface area contributed by atoms with E-state index in [1.54, 1.807) is 0 Å². The molecule has 2 unspecified atom stereocenters. The van der Waals surface area contributed by atoms with Crippen LogP contribution in [0.5, 0.6) is 0 Å². The van der Waals surface area contributed by atoms with Crippen LogP contribution >= 0.6 is 15.9 Å². The summed E-state index contributed by atoms with van der Waals surface area (Å²) in [5, 5.41) is 4.48. The highest BCUT2D eigenvalue weighted by atomic mass is 79.9. The number of rotatable bonds is 5. The van der Waals surface area contributed by atoms with Crippen molar-refractivity contribution in [2.24, 2.45) is 16.7 Å². The number of unbranched alkanes of at least 4 members (excludes halogenated alkanes) is 1. The molecule has 4 rings (SSSR count). The number of carbonyl (C=O) groups excluding carboxylic acids is 1. The molecule has 0 aromatic carbocycles. The minimum Gasteiger partial charge on any atom is -0.351 e. The largest absolute Gasteiger partial charge is 0.351 e. The van der Waals surface area contributed by atoms with E-state index in [4.69, 9.17) is 0 Å². The topological polar surface area (TPSA) is 29.1 Å². The molecule has 0 spiro atoms. The highest BCUT2D eigenvalue weighted by Crippen LogP contribution is 2.66. The van der Waals surface area contributed by atoms with Crippen molar-refractivity contribution in [2.75, 3.05) is 5.33 Å². The highest BCUT2D eigenvalue weighted by Gasteiger charge is 2.60. The Morgan fingerprint density at radius 1 is 1.10 bits per heavy atom. The van der Waals surface area contributed by atoms with Gasteiger partial charge in [0, 0.05) is 17.3 Å². The number of amides is 1. The van der Waals surface area contributed by atoms with Crippen LogP contribution in [-0.4, -0.2) is 16.8 Å². The van der Waals surface area contributed by atoms with E-state index in [-0.39, 0.29) is 5.54 Å². The first kappa shape index (κ1) is 14.9. The Morgan fingerprint density at radius 3 is 2.30 bits per heavy atom. The summed E-state index contributed by atoms with van der Waals surface area (Å²) >= 11 is 3.44. The van der Waals surface area contributed by atoms with Crippen LogP contribution in [0.15, 0.2) is 0 Å². The lowest BCUT2D eigenvalue weighted by molar-refractivity contribution is -0.139. The summed E-state index contributed by atoms with van der Waals surface area (Å²) in [5.74, 6) is 1.14. The first-order valence-electron chi connectivity index (χ1n) is 8.23. The van der Waals surface area contributed by atoms with Crippen molar-refractivity contribution in [3.05, 3.63) is 0 Å². The number of carbonyl (C=O) groups is 1. The van der Waals surface area contributed by atoms with Crippen molar-refractivity contribution in [1.29, 1.82) is 0 Å². The summed E-state index contributed by atoms with van der Waals surface area (Å²) in [6.07, 6.45) is 10.6. The van der Waals surface area contributed by atoms with E-state index in [1.165, 1.54) is 38.5 Å². The summed E-state index contributed by atoms with van der Waals surface area (Å²) < 4.78 is 0. The van der Waals surface area contributed by atoms with Crippen molar-refractivity contribution in [2.45, 2.75) is 77.2 Å². The van der Waals surface area contributed by atoms with Crippen LogP contribution in [0, 0.1) is 16.7 Å². The zero-order chi connectivity index (χ0) is 14.4. The second kappa shape index (κ2) is 5.00. The van der Waals surface area contributed by atoms with E-state index >= 15 is 0 Å². The lowest BCUT2D eigenvalue weighted by atomic mass is 9.43. The summed E-state index contributed by atoms with van der Waals surface area (Å²) in [6, 6.07) is 0. The molecule has 2 atom stereocenters. The Balaban J connectivity index is 1.68. The van der Waals surface area contributed by atoms with Crippen LogP contribution in [-0.2, 0) is 4.79 Å². The zero-order valence-corrected chi connectivity index (χ0v) is 14.5. The van der Waals surface area contributed by atoms with Gasteiger partial charge >= 0.3 is 0 Å². The fourth-order valence-electron chi connectivity index (χ4n) is 6.33. The predicted molar refractivity (Wildman–Crippen MR) is 85.9 cm³/mol. The molecule has 2 nitrogen and oxygen atoms in total. The molecule has 0 aromatic heterocycles. The average molecular weight is 342 g/mol. The monoisotopic (exact) mass is 341 g/mol. The standard InChI is InChI=1S/C17H28BrNO/c1-15-7-13-8-16(2,10-15)12-17(9-13,11-15)19-14(20)5-3-4-6-18/h13H,3-12H2,1-2H3,(H,19,20). The first-order valence-corrected chi connectivity index (χ1v) is 9.35. The maximum atomic E-state index is 12.3. The van der Waals surface area contributed by atoms with Crippen molar-refractivity contribution in [3.63, 3.8) is 0 Å². The molecule has 4 aliphatic rings. The lowest BCUT2D eigenvalue weighted by Gasteiger charge is -2.65. The first-order chi connectivity index (χ1) is 9.36. The molecule has 0 saturated heterocycles. The van der Waals surface area contributed by atoms with E-state index in [0.29, 0.717) is 23.2 Å². The van der Waals surface area contributed by atoms with Gasteiger partial charge in [-0.15, -0.1) is 0 Å². The van der Waals surface area contributed by atoms with E-state index in [2.05, 4.69) is 35.1 Å². The smallest absolute Gasteiger partial charge is 0.220 e. The summed E-state index contributed by atoms with van der Waals surface area (Å²) in [7, 11) is 0. The Kier molecular flexibility index (Phi) is 3.72. The molecule has 0 radical (unpaired) electrons. The van der Waals surface area contributed by atoms with Gasteiger partial charge in [0.2, 0.25) is 5.91 Å². The van der Waals surface area contributed by atoms with Crippen LogP contribution < -0.4 is 5.32 Å². The fraction of sp³-hybridized carbons (Fsp3) is 0.941. The molecule has 114 valence electrons. The van der Waals surface area contributed by atoms with Gasteiger partial charge in [0.15, 0.2) is 0 Å². The van der Waals surface area contributed by atoms with E-state index in [0.717, 1.165) is 24.1 Å². The Labute approximate surface area is 131 Å². The molecular weight excluding hydrogens is 314 g/mol. The quantitative estimate of drug-likeness (QED) is 0.582. The van der Waals surface area contributed by atoms with Gasteiger partial charge in [-0.3, -0.25) is 4.79 Å². The molecule has 4 aliphatic carbocycles. The van der Waals surface area contributed by atoms with Crippen LogP contribution in [0.2, 0.25) is 0 Å².